The summed E-state index contributed by atoms with van der Waals surface area (Å²) in [6.45, 7) is 5.18. The van der Waals surface area contributed by atoms with Crippen molar-refractivity contribution in [1.29, 1.82) is 0 Å². The first-order chi connectivity index (χ1) is 7.20. The van der Waals surface area contributed by atoms with Crippen LogP contribution in [0.4, 0.5) is 5.69 Å². The average molecular weight is 203 g/mol. The van der Waals surface area contributed by atoms with Gasteiger partial charge in [0, 0.05) is 0 Å². The van der Waals surface area contributed by atoms with Crippen molar-refractivity contribution in [3.63, 3.8) is 0 Å². The number of carbonyl (C=O) groups is 1. The molecule has 0 aliphatic carbocycles. The molecule has 5 nitrogen and oxygen atoms in total. The van der Waals surface area contributed by atoms with E-state index < -0.39 is 0 Å². The number of hydrogen-bond acceptors (Lipinski definition) is 4. The molecule has 0 atom stereocenters. The van der Waals surface area contributed by atoms with Crippen molar-refractivity contribution in [3.05, 3.63) is 30.6 Å². The van der Waals surface area contributed by atoms with Gasteiger partial charge in [-0.15, -0.1) is 0 Å². The maximum Gasteiger partial charge on any atom is 0.258 e. The van der Waals surface area contributed by atoms with Crippen molar-refractivity contribution >= 4 is 22.7 Å². The van der Waals surface area contributed by atoms with E-state index in [1.165, 1.54) is 12.3 Å². The molecule has 0 fully saturated rings. The van der Waals surface area contributed by atoms with Crippen LogP contribution in [0.25, 0.3) is 11.1 Å². The number of rotatable bonds is 2. The second-order valence-electron chi connectivity index (χ2n) is 3.04. The predicted molar refractivity (Wildman–Crippen MR) is 55.4 cm³/mol. The summed E-state index contributed by atoms with van der Waals surface area (Å²) < 4.78 is 4.94. The van der Waals surface area contributed by atoms with E-state index in [0.29, 0.717) is 11.4 Å². The molecule has 5 heteroatoms. The maximum absolute atomic E-state index is 11.0. The molecule has 1 N–H and O–H groups in total. The smallest absolute Gasteiger partial charge is 0.258 e. The van der Waals surface area contributed by atoms with E-state index in [2.05, 4.69) is 22.0 Å². The molecular weight excluding hydrogens is 194 g/mol. The van der Waals surface area contributed by atoms with Gasteiger partial charge in [0.15, 0.2) is 0 Å². The van der Waals surface area contributed by atoms with Crippen LogP contribution in [0.2, 0.25) is 0 Å². The van der Waals surface area contributed by atoms with Gasteiger partial charge in [-0.05, 0) is 19.1 Å². The predicted octanol–water partition coefficient (Wildman–Crippen LogP) is 1.66. The zero-order valence-electron chi connectivity index (χ0n) is 8.15. The molecule has 0 bridgehead atoms. The molecule has 2 aromatic rings. The van der Waals surface area contributed by atoms with Gasteiger partial charge in [0.05, 0.1) is 23.0 Å². The van der Waals surface area contributed by atoms with Crippen LogP contribution in [0.15, 0.2) is 29.4 Å². The van der Waals surface area contributed by atoms with Crippen molar-refractivity contribution < 1.29 is 9.32 Å². The lowest BCUT2D eigenvalue weighted by Gasteiger charge is -1.99. The summed E-state index contributed by atoms with van der Waals surface area (Å²) in [5, 5.41) is 7.17. The van der Waals surface area contributed by atoms with E-state index in [1.807, 2.05) is 6.92 Å². The molecule has 2 aromatic heterocycles. The summed E-state index contributed by atoms with van der Waals surface area (Å²) >= 11 is 0. The number of nitrogens with zero attached hydrogens (tertiary/aromatic N) is 2. The monoisotopic (exact) mass is 203 g/mol. The number of anilines is 1. The lowest BCUT2D eigenvalue weighted by Crippen LogP contribution is -2.07. The molecule has 15 heavy (non-hydrogen) atoms. The SMILES string of the molecule is C=CC(=O)Nc1cnc2onc(C)c2c1. The topological polar surface area (TPSA) is 68.0 Å². The van der Waals surface area contributed by atoms with Crippen molar-refractivity contribution in [2.75, 3.05) is 5.32 Å². The largest absolute Gasteiger partial charge is 0.336 e. The van der Waals surface area contributed by atoms with Crippen LogP contribution in [-0.2, 0) is 4.79 Å². The van der Waals surface area contributed by atoms with Crippen molar-refractivity contribution in [1.82, 2.24) is 10.1 Å². The standard InChI is InChI=1S/C10H9N3O2/c1-3-9(14)12-7-4-8-6(2)13-15-10(8)11-5-7/h3-5H,1H2,2H3,(H,12,14). The number of nitrogens with one attached hydrogen (secondary N) is 1. The highest BCUT2D eigenvalue weighted by Crippen LogP contribution is 2.19. The van der Waals surface area contributed by atoms with Crippen molar-refractivity contribution in [2.45, 2.75) is 6.92 Å². The summed E-state index contributed by atoms with van der Waals surface area (Å²) in [7, 11) is 0. The van der Waals surface area contributed by atoms with Crippen LogP contribution in [0, 0.1) is 6.92 Å². The quantitative estimate of drug-likeness (QED) is 0.753. The third-order valence-corrected chi connectivity index (χ3v) is 1.96. The molecule has 2 heterocycles. The van der Waals surface area contributed by atoms with Crippen molar-refractivity contribution in [2.24, 2.45) is 0 Å². The van der Waals surface area contributed by atoms with E-state index in [4.69, 9.17) is 4.52 Å². The molecule has 2 rings (SSSR count). The fourth-order valence-corrected chi connectivity index (χ4v) is 1.21. The molecule has 76 valence electrons. The third kappa shape index (κ3) is 1.71. The molecule has 0 spiro atoms. The van der Waals surface area contributed by atoms with Crippen LogP contribution >= 0.6 is 0 Å². The number of aryl methyl sites for hydroxylation is 1. The Balaban J connectivity index is 2.41. The fraction of sp³-hybridized carbons (Fsp3) is 0.100. The van der Waals surface area contributed by atoms with Crippen LogP contribution < -0.4 is 5.32 Å². The summed E-state index contributed by atoms with van der Waals surface area (Å²) in [6.07, 6.45) is 2.71. The summed E-state index contributed by atoms with van der Waals surface area (Å²) in [5.74, 6) is -0.273. The lowest BCUT2D eigenvalue weighted by atomic mass is 10.2. The summed E-state index contributed by atoms with van der Waals surface area (Å²) in [5.41, 5.74) is 1.80. The molecule has 0 saturated heterocycles. The Morgan fingerprint density at radius 1 is 1.67 bits per heavy atom. The molecule has 0 aliphatic rings. The highest BCUT2D eigenvalue weighted by Gasteiger charge is 2.06. The minimum absolute atomic E-state index is 0.273. The average Bonchev–Trinajstić information content (AvgIpc) is 2.60. The Hall–Kier alpha value is -2.17. The van der Waals surface area contributed by atoms with E-state index >= 15 is 0 Å². The number of hydrogen-bond donors (Lipinski definition) is 1. The number of pyridine rings is 1. The molecule has 1 amide bonds. The Bertz CT molecular complexity index is 530. The van der Waals surface area contributed by atoms with Gasteiger partial charge in [-0.1, -0.05) is 11.7 Å². The van der Waals surface area contributed by atoms with Gasteiger partial charge >= 0.3 is 0 Å². The first-order valence-corrected chi connectivity index (χ1v) is 4.36. The van der Waals surface area contributed by atoms with Crippen LogP contribution in [0.3, 0.4) is 0 Å². The van der Waals surface area contributed by atoms with Gasteiger partial charge in [0.2, 0.25) is 5.91 Å². The second-order valence-corrected chi connectivity index (χ2v) is 3.04. The highest BCUT2D eigenvalue weighted by atomic mass is 16.5. The molecule has 0 saturated carbocycles. The number of aromatic nitrogens is 2. The van der Waals surface area contributed by atoms with Gasteiger partial charge in [0.1, 0.15) is 0 Å². The zero-order chi connectivity index (χ0) is 10.8. The number of amides is 1. The Morgan fingerprint density at radius 2 is 2.47 bits per heavy atom. The van der Waals surface area contributed by atoms with Crippen molar-refractivity contribution in [3.8, 4) is 0 Å². The normalized spacial score (nSPS) is 10.2. The highest BCUT2D eigenvalue weighted by molar-refractivity contribution is 5.99. The number of carbonyl (C=O) groups excluding carboxylic acids is 1. The van der Waals surface area contributed by atoms with Gasteiger partial charge < -0.3 is 9.84 Å². The Labute approximate surface area is 85.8 Å². The Morgan fingerprint density at radius 3 is 3.20 bits per heavy atom. The molecule has 0 aromatic carbocycles. The Kier molecular flexibility index (Phi) is 2.21. The van der Waals surface area contributed by atoms with Gasteiger partial charge in [-0.25, -0.2) is 4.98 Å². The lowest BCUT2D eigenvalue weighted by molar-refractivity contribution is -0.111. The minimum Gasteiger partial charge on any atom is -0.336 e. The molecule has 0 aliphatic heterocycles. The van der Waals surface area contributed by atoms with E-state index in [9.17, 15) is 4.79 Å². The summed E-state index contributed by atoms with van der Waals surface area (Å²) in [6, 6.07) is 1.76. The van der Waals surface area contributed by atoms with Gasteiger partial charge in [0.25, 0.3) is 5.71 Å². The van der Waals surface area contributed by atoms with Gasteiger partial charge in [-0.3, -0.25) is 4.79 Å². The summed E-state index contributed by atoms with van der Waals surface area (Å²) in [4.78, 5) is 15.1. The van der Waals surface area contributed by atoms with Crippen LogP contribution in [0.5, 0.6) is 0 Å². The van der Waals surface area contributed by atoms with E-state index in [-0.39, 0.29) is 5.91 Å². The molecular formula is C10H9N3O2. The molecule has 0 unspecified atom stereocenters. The third-order valence-electron chi connectivity index (χ3n) is 1.96. The number of fused-ring (bicyclic) bond motifs is 1. The van der Waals surface area contributed by atoms with Crippen LogP contribution in [-0.4, -0.2) is 16.0 Å². The first kappa shape index (κ1) is 9.39. The van der Waals surface area contributed by atoms with Gasteiger partial charge in [-0.2, -0.15) is 0 Å². The second kappa shape index (κ2) is 3.53. The van der Waals surface area contributed by atoms with E-state index in [0.717, 1.165) is 11.1 Å². The fourth-order valence-electron chi connectivity index (χ4n) is 1.21. The first-order valence-electron chi connectivity index (χ1n) is 4.36. The maximum atomic E-state index is 11.0. The van der Waals surface area contributed by atoms with Crippen LogP contribution in [0.1, 0.15) is 5.69 Å². The zero-order valence-corrected chi connectivity index (χ0v) is 8.15. The molecule has 0 radical (unpaired) electrons. The minimum atomic E-state index is -0.273. The van der Waals surface area contributed by atoms with E-state index in [1.54, 1.807) is 6.07 Å².